The lowest BCUT2D eigenvalue weighted by atomic mass is 9.86. The Morgan fingerprint density at radius 2 is 2.15 bits per heavy atom. The van der Waals surface area contributed by atoms with Gasteiger partial charge >= 0.3 is 0 Å². The summed E-state index contributed by atoms with van der Waals surface area (Å²) in [6.45, 7) is 0. The summed E-state index contributed by atoms with van der Waals surface area (Å²) < 4.78 is 6.97. The lowest BCUT2D eigenvalue weighted by Crippen LogP contribution is -2.14. The molecule has 0 spiro atoms. The van der Waals surface area contributed by atoms with Gasteiger partial charge in [-0.15, -0.1) is 0 Å². The summed E-state index contributed by atoms with van der Waals surface area (Å²) in [5, 5.41) is 4.12. The number of aromatic nitrogens is 2. The van der Waals surface area contributed by atoms with Gasteiger partial charge in [0, 0.05) is 24.4 Å². The van der Waals surface area contributed by atoms with Gasteiger partial charge in [0.2, 0.25) is 0 Å². The zero-order chi connectivity index (χ0) is 14.1. The van der Waals surface area contributed by atoms with E-state index >= 15 is 0 Å². The Morgan fingerprint density at radius 3 is 2.85 bits per heavy atom. The molecule has 3 rings (SSSR count). The van der Waals surface area contributed by atoms with Crippen LogP contribution in [0.2, 0.25) is 0 Å². The van der Waals surface area contributed by atoms with Crippen LogP contribution in [0.25, 0.3) is 6.08 Å². The predicted molar refractivity (Wildman–Crippen MR) is 76.8 cm³/mol. The van der Waals surface area contributed by atoms with E-state index in [-0.39, 0.29) is 5.78 Å². The second kappa shape index (κ2) is 4.96. The van der Waals surface area contributed by atoms with E-state index < -0.39 is 0 Å². The first-order valence-corrected chi connectivity index (χ1v) is 6.59. The maximum absolute atomic E-state index is 12.5. The number of ketones is 1. The first-order valence-electron chi connectivity index (χ1n) is 6.59. The summed E-state index contributed by atoms with van der Waals surface area (Å²) >= 11 is 0. The summed E-state index contributed by atoms with van der Waals surface area (Å²) in [5.41, 5.74) is 3.64. The fraction of sp³-hybridized carbons (Fsp3) is 0.250. The Hall–Kier alpha value is -2.36. The largest absolute Gasteiger partial charge is 0.497 e. The van der Waals surface area contributed by atoms with E-state index in [1.54, 1.807) is 18.0 Å². The van der Waals surface area contributed by atoms with Gasteiger partial charge in [0.15, 0.2) is 5.78 Å². The van der Waals surface area contributed by atoms with Gasteiger partial charge in [-0.1, -0.05) is 0 Å². The SMILES string of the molecule is COc1ccc2c(c1)CCC(=Cc1ccnn1C)C2=O. The Morgan fingerprint density at radius 1 is 1.30 bits per heavy atom. The van der Waals surface area contributed by atoms with Gasteiger partial charge in [-0.05, 0) is 48.7 Å². The molecule has 2 aromatic rings. The molecule has 1 aromatic carbocycles. The number of benzene rings is 1. The van der Waals surface area contributed by atoms with Gasteiger partial charge in [-0.2, -0.15) is 5.10 Å². The number of allylic oxidation sites excluding steroid dienone is 1. The van der Waals surface area contributed by atoms with Crippen LogP contribution in [0, 0.1) is 0 Å². The minimum atomic E-state index is 0.107. The van der Waals surface area contributed by atoms with E-state index in [1.807, 2.05) is 37.4 Å². The van der Waals surface area contributed by atoms with Gasteiger partial charge < -0.3 is 4.74 Å². The van der Waals surface area contributed by atoms with Crippen LogP contribution in [0.3, 0.4) is 0 Å². The summed E-state index contributed by atoms with van der Waals surface area (Å²) in [5.74, 6) is 0.908. The monoisotopic (exact) mass is 268 g/mol. The van der Waals surface area contributed by atoms with Crippen LogP contribution in [0.5, 0.6) is 5.75 Å². The van der Waals surface area contributed by atoms with Gasteiger partial charge in [0.05, 0.1) is 12.8 Å². The van der Waals surface area contributed by atoms with Gasteiger partial charge in [0.25, 0.3) is 0 Å². The van der Waals surface area contributed by atoms with Crippen LogP contribution in [-0.2, 0) is 13.5 Å². The molecule has 4 heteroatoms. The van der Waals surface area contributed by atoms with Crippen molar-refractivity contribution in [3.63, 3.8) is 0 Å². The summed E-state index contributed by atoms with van der Waals surface area (Å²) in [7, 11) is 3.51. The molecular weight excluding hydrogens is 252 g/mol. The predicted octanol–water partition coefficient (Wildman–Crippen LogP) is 2.64. The molecule has 0 atom stereocenters. The molecule has 1 heterocycles. The van der Waals surface area contributed by atoms with Crippen molar-refractivity contribution in [2.24, 2.45) is 7.05 Å². The lowest BCUT2D eigenvalue weighted by molar-refractivity contribution is 0.102. The number of carbonyl (C=O) groups excluding carboxylic acids is 1. The molecule has 1 aliphatic carbocycles. The Labute approximate surface area is 117 Å². The second-order valence-electron chi connectivity index (χ2n) is 4.90. The third-order valence-corrected chi connectivity index (χ3v) is 3.69. The molecule has 0 saturated carbocycles. The number of hydrogen-bond donors (Lipinski definition) is 0. The fourth-order valence-corrected chi connectivity index (χ4v) is 2.52. The molecule has 0 unspecified atom stereocenters. The lowest BCUT2D eigenvalue weighted by Gasteiger charge is -2.18. The van der Waals surface area contributed by atoms with Crippen LogP contribution in [0.15, 0.2) is 36.0 Å². The summed E-state index contributed by atoms with van der Waals surface area (Å²) in [6, 6.07) is 7.55. The first kappa shape index (κ1) is 12.7. The minimum Gasteiger partial charge on any atom is -0.497 e. The van der Waals surface area contributed by atoms with E-state index in [2.05, 4.69) is 5.10 Å². The van der Waals surface area contributed by atoms with E-state index in [9.17, 15) is 4.79 Å². The number of rotatable bonds is 2. The van der Waals surface area contributed by atoms with Crippen molar-refractivity contribution < 1.29 is 9.53 Å². The highest BCUT2D eigenvalue weighted by Gasteiger charge is 2.22. The quantitative estimate of drug-likeness (QED) is 0.786. The molecule has 20 heavy (non-hydrogen) atoms. The molecule has 4 nitrogen and oxygen atoms in total. The third kappa shape index (κ3) is 2.13. The van der Waals surface area contributed by atoms with Gasteiger partial charge in [-0.25, -0.2) is 0 Å². The molecule has 0 radical (unpaired) electrons. The van der Waals surface area contributed by atoms with Crippen molar-refractivity contribution in [3.05, 3.63) is 52.9 Å². The molecule has 0 N–H and O–H groups in total. The standard InChI is InChI=1S/C16H16N2O2/c1-18-13(7-8-17-18)9-12-4-3-11-10-14(20-2)5-6-15(11)16(12)19/h5-10H,3-4H2,1-2H3. The number of aryl methyl sites for hydroxylation is 2. The summed E-state index contributed by atoms with van der Waals surface area (Å²) in [4.78, 5) is 12.5. The van der Waals surface area contributed by atoms with Crippen LogP contribution in [0.4, 0.5) is 0 Å². The van der Waals surface area contributed by atoms with Gasteiger partial charge in [0.1, 0.15) is 5.75 Å². The minimum absolute atomic E-state index is 0.107. The van der Waals surface area contributed by atoms with Crippen molar-refractivity contribution in [2.45, 2.75) is 12.8 Å². The molecular formula is C16H16N2O2. The smallest absolute Gasteiger partial charge is 0.189 e. The molecule has 0 amide bonds. The van der Waals surface area contributed by atoms with Crippen LogP contribution < -0.4 is 4.74 Å². The molecule has 0 fully saturated rings. The van der Waals surface area contributed by atoms with E-state index in [1.165, 1.54) is 0 Å². The normalized spacial score (nSPS) is 16.3. The first-order chi connectivity index (χ1) is 9.69. The van der Waals surface area contributed by atoms with E-state index in [0.29, 0.717) is 0 Å². The number of hydrogen-bond acceptors (Lipinski definition) is 3. The number of nitrogens with zero attached hydrogens (tertiary/aromatic N) is 2. The molecule has 102 valence electrons. The van der Waals surface area contributed by atoms with Crippen molar-refractivity contribution >= 4 is 11.9 Å². The molecule has 0 bridgehead atoms. The van der Waals surface area contributed by atoms with Crippen LogP contribution in [0.1, 0.15) is 28.0 Å². The van der Waals surface area contributed by atoms with Crippen molar-refractivity contribution in [3.8, 4) is 5.75 Å². The highest BCUT2D eigenvalue weighted by molar-refractivity contribution is 6.13. The number of fused-ring (bicyclic) bond motifs is 1. The maximum Gasteiger partial charge on any atom is 0.189 e. The molecule has 1 aliphatic rings. The number of ether oxygens (including phenoxy) is 1. The molecule has 1 aromatic heterocycles. The Kier molecular flexibility index (Phi) is 3.14. The van der Waals surface area contributed by atoms with E-state index in [0.717, 1.165) is 41.0 Å². The fourth-order valence-electron chi connectivity index (χ4n) is 2.52. The average molecular weight is 268 g/mol. The van der Waals surface area contributed by atoms with Gasteiger partial charge in [-0.3, -0.25) is 9.48 Å². The zero-order valence-electron chi connectivity index (χ0n) is 11.6. The van der Waals surface area contributed by atoms with E-state index in [4.69, 9.17) is 4.74 Å². The highest BCUT2D eigenvalue weighted by Crippen LogP contribution is 2.29. The summed E-state index contributed by atoms with van der Waals surface area (Å²) in [6.07, 6.45) is 5.28. The number of Topliss-reactive ketones (excluding diaryl/α,β-unsaturated/α-hetero) is 1. The maximum atomic E-state index is 12.5. The van der Waals surface area contributed by atoms with Crippen molar-refractivity contribution in [1.82, 2.24) is 9.78 Å². The Bertz CT molecular complexity index is 698. The third-order valence-electron chi connectivity index (χ3n) is 3.69. The van der Waals surface area contributed by atoms with Crippen molar-refractivity contribution in [1.29, 1.82) is 0 Å². The van der Waals surface area contributed by atoms with Crippen LogP contribution >= 0.6 is 0 Å². The van der Waals surface area contributed by atoms with Crippen LogP contribution in [-0.4, -0.2) is 22.7 Å². The zero-order valence-corrected chi connectivity index (χ0v) is 11.6. The number of methoxy groups -OCH3 is 1. The topological polar surface area (TPSA) is 44.1 Å². The second-order valence-corrected chi connectivity index (χ2v) is 4.90. The van der Waals surface area contributed by atoms with Crippen molar-refractivity contribution in [2.75, 3.05) is 7.11 Å². The highest BCUT2D eigenvalue weighted by atomic mass is 16.5. The molecule has 0 aliphatic heterocycles. The Balaban J connectivity index is 1.97. The number of carbonyl (C=O) groups is 1. The molecule has 0 saturated heterocycles. The average Bonchev–Trinajstić information content (AvgIpc) is 2.87.